The first-order valence-electron chi connectivity index (χ1n) is 3.94. The van der Waals surface area contributed by atoms with Crippen molar-refractivity contribution in [3.63, 3.8) is 0 Å². The van der Waals surface area contributed by atoms with Crippen molar-refractivity contribution < 1.29 is 14.6 Å². The third-order valence-corrected chi connectivity index (χ3v) is 2.03. The van der Waals surface area contributed by atoms with Crippen LogP contribution in [0.5, 0.6) is 5.75 Å². The molecule has 0 aliphatic rings. The third kappa shape index (κ3) is 1.69. The summed E-state index contributed by atoms with van der Waals surface area (Å²) in [7, 11) is 17.9. The minimum absolute atomic E-state index is 0.0269. The molecule has 7 heteroatoms. The van der Waals surface area contributed by atoms with E-state index in [2.05, 4.69) is 0 Å². The number of hydrogen-bond donors (Lipinski definition) is 2. The van der Waals surface area contributed by atoms with Gasteiger partial charge in [0.1, 0.15) is 29.3 Å². The molecule has 6 radical (unpaired) electrons. The lowest BCUT2D eigenvalue weighted by Crippen LogP contribution is -2.43. The Morgan fingerprint density at radius 2 is 1.80 bits per heavy atom. The Morgan fingerprint density at radius 1 is 1.27 bits per heavy atom. The zero-order chi connectivity index (χ0) is 11.7. The van der Waals surface area contributed by atoms with Crippen LogP contribution in [-0.2, 0) is 0 Å². The van der Waals surface area contributed by atoms with E-state index in [9.17, 15) is 4.79 Å². The molecular weight excluding hydrogens is 191 g/mol. The van der Waals surface area contributed by atoms with E-state index in [1.54, 1.807) is 0 Å². The van der Waals surface area contributed by atoms with Gasteiger partial charge >= 0.3 is 5.97 Å². The lowest BCUT2D eigenvalue weighted by atomic mass is 9.69. The molecule has 3 N–H and O–H groups in total. The topological polar surface area (TPSA) is 72.5 Å². The maximum absolute atomic E-state index is 10.9. The second kappa shape index (κ2) is 3.92. The van der Waals surface area contributed by atoms with Gasteiger partial charge in [0.25, 0.3) is 0 Å². The van der Waals surface area contributed by atoms with Gasteiger partial charge in [-0.3, -0.25) is 0 Å². The number of rotatable bonds is 2. The highest BCUT2D eigenvalue weighted by molar-refractivity contribution is 6.59. The van der Waals surface area contributed by atoms with Crippen LogP contribution in [0.2, 0.25) is 0 Å². The van der Waals surface area contributed by atoms with Crippen LogP contribution in [0.25, 0.3) is 0 Å². The Morgan fingerprint density at radius 3 is 2.20 bits per heavy atom. The number of ether oxygens (including phenoxy) is 1. The van der Waals surface area contributed by atoms with E-state index >= 15 is 0 Å². The minimum Gasteiger partial charge on any atom is -0.495 e. The van der Waals surface area contributed by atoms with Crippen molar-refractivity contribution in [3.8, 4) is 5.75 Å². The molecule has 0 aliphatic carbocycles. The number of nitrogens with two attached hydrogens (primary N) is 1. The van der Waals surface area contributed by atoms with Crippen molar-refractivity contribution in [3.05, 3.63) is 5.56 Å². The molecule has 0 amide bonds. The zero-order valence-corrected chi connectivity index (χ0v) is 8.07. The van der Waals surface area contributed by atoms with Crippen LogP contribution in [0.15, 0.2) is 0 Å². The average molecular weight is 197 g/mol. The average Bonchev–Trinajstić information content (AvgIpc) is 2.15. The number of anilines is 1. The Kier molecular flexibility index (Phi) is 3.02. The van der Waals surface area contributed by atoms with Crippen molar-refractivity contribution in [2.45, 2.75) is 0 Å². The summed E-state index contributed by atoms with van der Waals surface area (Å²) in [5.41, 5.74) is 4.96. The quantitative estimate of drug-likeness (QED) is 0.401. The molecule has 1 aromatic rings. The second-order valence-corrected chi connectivity index (χ2v) is 2.87. The standard InChI is InChI=1S/C8H6B3NO3/c1-15-7-5(11)4(10)3(9)2(6(7)12)8(13)14/h12H2,1H3,(H,13,14). The van der Waals surface area contributed by atoms with Crippen LogP contribution in [-0.4, -0.2) is 41.7 Å². The predicted molar refractivity (Wildman–Crippen MR) is 60.5 cm³/mol. The second-order valence-electron chi connectivity index (χ2n) is 2.87. The van der Waals surface area contributed by atoms with Crippen LogP contribution in [0, 0.1) is 0 Å². The lowest BCUT2D eigenvalue weighted by Gasteiger charge is -2.17. The molecular formula is C8H6B3NO3. The summed E-state index contributed by atoms with van der Waals surface area (Å²) >= 11 is 0. The number of hydrogen-bond acceptors (Lipinski definition) is 3. The largest absolute Gasteiger partial charge is 0.495 e. The van der Waals surface area contributed by atoms with Crippen molar-refractivity contribution in [1.82, 2.24) is 0 Å². The highest BCUT2D eigenvalue weighted by atomic mass is 16.5. The van der Waals surface area contributed by atoms with Gasteiger partial charge in [-0.2, -0.15) is 0 Å². The van der Waals surface area contributed by atoms with Gasteiger partial charge in [0.15, 0.2) is 0 Å². The van der Waals surface area contributed by atoms with E-state index in [-0.39, 0.29) is 33.4 Å². The number of nitrogen functional groups attached to an aromatic ring is 1. The molecule has 4 nitrogen and oxygen atoms in total. The van der Waals surface area contributed by atoms with E-state index in [4.69, 9.17) is 39.1 Å². The fraction of sp³-hybridized carbons (Fsp3) is 0.125. The molecule has 0 saturated carbocycles. The van der Waals surface area contributed by atoms with Crippen LogP contribution in [0.3, 0.4) is 0 Å². The Hall–Kier alpha value is -1.52. The van der Waals surface area contributed by atoms with Crippen molar-refractivity contribution >= 4 is 51.6 Å². The molecule has 15 heavy (non-hydrogen) atoms. The predicted octanol–water partition coefficient (Wildman–Crippen LogP) is -2.64. The summed E-state index contributed by atoms with van der Waals surface area (Å²) in [5, 5.41) is 8.87. The van der Waals surface area contributed by atoms with Crippen LogP contribution < -0.4 is 26.9 Å². The summed E-state index contributed by atoms with van der Waals surface area (Å²) in [6, 6.07) is 0. The number of methoxy groups -OCH3 is 1. The fourth-order valence-electron chi connectivity index (χ4n) is 1.26. The monoisotopic (exact) mass is 197 g/mol. The molecule has 0 heterocycles. The van der Waals surface area contributed by atoms with Crippen LogP contribution in [0.4, 0.5) is 5.69 Å². The number of carboxylic acid groups (broad SMARTS) is 1. The third-order valence-electron chi connectivity index (χ3n) is 2.03. The summed E-state index contributed by atoms with van der Waals surface area (Å²) < 4.78 is 4.85. The summed E-state index contributed by atoms with van der Waals surface area (Å²) in [5.74, 6) is -1.26. The van der Waals surface area contributed by atoms with Gasteiger partial charge in [-0.25, -0.2) is 4.79 Å². The van der Waals surface area contributed by atoms with E-state index in [1.807, 2.05) is 0 Å². The minimum atomic E-state index is -1.28. The lowest BCUT2D eigenvalue weighted by molar-refractivity contribution is 0.0699. The summed E-state index contributed by atoms with van der Waals surface area (Å²) in [6.45, 7) is 0. The van der Waals surface area contributed by atoms with Crippen LogP contribution >= 0.6 is 0 Å². The van der Waals surface area contributed by atoms with E-state index in [1.165, 1.54) is 7.11 Å². The fourth-order valence-corrected chi connectivity index (χ4v) is 1.26. The van der Waals surface area contributed by atoms with Crippen molar-refractivity contribution in [2.24, 2.45) is 0 Å². The number of aromatic carboxylic acids is 1. The normalized spacial score (nSPS) is 9.93. The number of carbonyl (C=O) groups is 1. The highest BCUT2D eigenvalue weighted by Gasteiger charge is 2.19. The Labute approximate surface area is 91.0 Å². The van der Waals surface area contributed by atoms with Gasteiger partial charge in [0.05, 0.1) is 18.4 Å². The first kappa shape index (κ1) is 11.6. The molecule has 1 rings (SSSR count). The zero-order valence-electron chi connectivity index (χ0n) is 8.07. The van der Waals surface area contributed by atoms with Gasteiger partial charge < -0.3 is 15.6 Å². The molecule has 0 atom stereocenters. The van der Waals surface area contributed by atoms with Gasteiger partial charge in [0, 0.05) is 0 Å². The number of carboxylic acids is 1. The van der Waals surface area contributed by atoms with Gasteiger partial charge in [-0.05, 0) is 0 Å². The van der Waals surface area contributed by atoms with Crippen molar-refractivity contribution in [1.29, 1.82) is 0 Å². The van der Waals surface area contributed by atoms with E-state index in [0.29, 0.717) is 0 Å². The van der Waals surface area contributed by atoms with E-state index < -0.39 is 5.97 Å². The molecule has 0 unspecified atom stereocenters. The number of benzene rings is 1. The molecule has 70 valence electrons. The van der Waals surface area contributed by atoms with Gasteiger partial charge in [-0.1, -0.05) is 10.9 Å². The summed E-state index contributed by atoms with van der Waals surface area (Å²) in [6.07, 6.45) is 0. The van der Waals surface area contributed by atoms with Gasteiger partial charge in [-0.15, -0.1) is 5.46 Å². The summed E-state index contributed by atoms with van der Waals surface area (Å²) in [4.78, 5) is 10.9. The molecule has 0 aliphatic heterocycles. The molecule has 0 bridgehead atoms. The first-order valence-corrected chi connectivity index (χ1v) is 3.94. The molecule has 0 saturated heterocycles. The Balaban J connectivity index is 3.68. The molecule has 1 aromatic carbocycles. The smallest absolute Gasteiger partial charge is 0.337 e. The maximum Gasteiger partial charge on any atom is 0.337 e. The molecule has 0 aromatic heterocycles. The van der Waals surface area contributed by atoms with Crippen LogP contribution in [0.1, 0.15) is 10.4 Å². The van der Waals surface area contributed by atoms with Gasteiger partial charge in [0.2, 0.25) is 0 Å². The van der Waals surface area contributed by atoms with Crippen molar-refractivity contribution in [2.75, 3.05) is 12.8 Å². The SMILES string of the molecule is [B]c1c([B])c(OC)c(N)c(C(=O)O)c1[B]. The Bertz CT molecular complexity index is 434. The molecule has 0 fully saturated rings. The molecule has 0 spiro atoms. The maximum atomic E-state index is 10.9. The van der Waals surface area contributed by atoms with E-state index in [0.717, 1.165) is 0 Å². The highest BCUT2D eigenvalue weighted by Crippen LogP contribution is 2.19. The first-order chi connectivity index (χ1) is 6.91.